The Morgan fingerprint density at radius 1 is 1.00 bits per heavy atom. The predicted molar refractivity (Wildman–Crippen MR) is 111 cm³/mol. The molecule has 0 saturated carbocycles. The van der Waals surface area contributed by atoms with Crippen molar-refractivity contribution < 1.29 is 4.79 Å². The van der Waals surface area contributed by atoms with Crippen molar-refractivity contribution in [1.82, 2.24) is 9.47 Å². The quantitative estimate of drug-likeness (QED) is 0.654. The van der Waals surface area contributed by atoms with Gasteiger partial charge in [0.1, 0.15) is 0 Å². The molecule has 0 unspecified atom stereocenters. The molecule has 1 aliphatic heterocycles. The minimum absolute atomic E-state index is 0.0424. The summed E-state index contributed by atoms with van der Waals surface area (Å²) in [7, 11) is 0. The average molecular weight is 393 g/mol. The van der Waals surface area contributed by atoms with Crippen LogP contribution in [0.3, 0.4) is 0 Å². The number of benzene rings is 2. The molecule has 28 heavy (non-hydrogen) atoms. The summed E-state index contributed by atoms with van der Waals surface area (Å²) in [6.45, 7) is 1.06. The number of nitrogens with zero attached hydrogens (tertiary/aromatic N) is 2. The molecule has 4 nitrogen and oxygen atoms in total. The summed E-state index contributed by atoms with van der Waals surface area (Å²) < 4.78 is 1.54. The highest BCUT2D eigenvalue weighted by Crippen LogP contribution is 2.32. The number of likely N-dealkylation sites (tertiary alicyclic amines) is 1. The van der Waals surface area contributed by atoms with Crippen molar-refractivity contribution in [2.75, 3.05) is 6.54 Å². The smallest absolute Gasteiger partial charge is 0.255 e. The molecule has 0 aliphatic carbocycles. The Labute approximate surface area is 169 Å². The number of pyridine rings is 1. The molecule has 1 atom stereocenters. The number of amides is 1. The fraction of sp³-hybridized carbons (Fsp3) is 0.217. The van der Waals surface area contributed by atoms with E-state index in [2.05, 4.69) is 12.1 Å². The van der Waals surface area contributed by atoms with Gasteiger partial charge in [0, 0.05) is 23.8 Å². The minimum atomic E-state index is -0.155. The monoisotopic (exact) mass is 392 g/mol. The van der Waals surface area contributed by atoms with Gasteiger partial charge in [-0.25, -0.2) is 0 Å². The number of hydrogen-bond acceptors (Lipinski definition) is 2. The van der Waals surface area contributed by atoms with Crippen LogP contribution in [0.5, 0.6) is 0 Å². The molecule has 1 saturated heterocycles. The number of hydrogen-bond donors (Lipinski definition) is 0. The van der Waals surface area contributed by atoms with Crippen LogP contribution in [0.15, 0.2) is 77.7 Å². The van der Waals surface area contributed by atoms with Crippen LogP contribution in [0.2, 0.25) is 5.02 Å². The van der Waals surface area contributed by atoms with Crippen molar-refractivity contribution in [3.05, 3.63) is 105 Å². The van der Waals surface area contributed by atoms with Gasteiger partial charge < -0.3 is 9.47 Å². The lowest BCUT2D eigenvalue weighted by Crippen LogP contribution is -2.32. The third kappa shape index (κ3) is 3.73. The zero-order valence-corrected chi connectivity index (χ0v) is 16.2. The van der Waals surface area contributed by atoms with Crippen LogP contribution in [0.25, 0.3) is 0 Å². The van der Waals surface area contributed by atoms with Crippen LogP contribution >= 0.6 is 11.6 Å². The summed E-state index contributed by atoms with van der Waals surface area (Å²) in [5, 5.41) is 0.606. The number of halogens is 1. The first-order chi connectivity index (χ1) is 13.6. The van der Waals surface area contributed by atoms with Gasteiger partial charge in [-0.05, 0) is 36.1 Å². The van der Waals surface area contributed by atoms with Crippen molar-refractivity contribution in [2.24, 2.45) is 0 Å². The zero-order valence-electron chi connectivity index (χ0n) is 15.4. The van der Waals surface area contributed by atoms with Crippen molar-refractivity contribution in [1.29, 1.82) is 0 Å². The Hall–Kier alpha value is -2.85. The third-order valence-electron chi connectivity index (χ3n) is 5.23. The van der Waals surface area contributed by atoms with E-state index in [0.717, 1.165) is 30.5 Å². The lowest BCUT2D eigenvalue weighted by atomic mass is 10.0. The lowest BCUT2D eigenvalue weighted by Gasteiger charge is -2.25. The largest absolute Gasteiger partial charge is 0.332 e. The molecule has 3 aromatic rings. The average Bonchev–Trinajstić information content (AvgIpc) is 3.21. The molecule has 4 rings (SSSR count). The van der Waals surface area contributed by atoms with Crippen molar-refractivity contribution in [2.45, 2.75) is 25.4 Å². The van der Waals surface area contributed by atoms with Gasteiger partial charge in [0.15, 0.2) is 0 Å². The molecule has 1 fully saturated rings. The van der Waals surface area contributed by atoms with E-state index in [1.807, 2.05) is 41.3 Å². The molecule has 1 amide bonds. The van der Waals surface area contributed by atoms with Gasteiger partial charge in [0.2, 0.25) is 0 Å². The molecular weight excluding hydrogens is 372 g/mol. The summed E-state index contributed by atoms with van der Waals surface area (Å²) in [6.07, 6.45) is 3.58. The number of carbonyl (C=O) groups is 1. The maximum Gasteiger partial charge on any atom is 0.255 e. The molecular formula is C23H21ClN2O2. The first kappa shape index (κ1) is 18.5. The molecule has 1 aliphatic rings. The minimum Gasteiger partial charge on any atom is -0.332 e. The highest BCUT2D eigenvalue weighted by molar-refractivity contribution is 6.31. The highest BCUT2D eigenvalue weighted by atomic mass is 35.5. The topological polar surface area (TPSA) is 42.3 Å². The summed E-state index contributed by atoms with van der Waals surface area (Å²) >= 11 is 6.23. The van der Waals surface area contributed by atoms with Crippen LogP contribution in [0.4, 0.5) is 0 Å². The van der Waals surface area contributed by atoms with Crippen molar-refractivity contribution >= 4 is 17.5 Å². The second-order valence-corrected chi connectivity index (χ2v) is 7.45. The Bertz CT molecular complexity index is 1050. The molecule has 2 heterocycles. The predicted octanol–water partition coefficient (Wildman–Crippen LogP) is 4.53. The number of rotatable bonds is 4. The second kappa shape index (κ2) is 8.03. The summed E-state index contributed by atoms with van der Waals surface area (Å²) in [4.78, 5) is 27.4. The summed E-state index contributed by atoms with van der Waals surface area (Å²) in [6, 6.07) is 20.7. The van der Waals surface area contributed by atoms with E-state index in [-0.39, 0.29) is 17.5 Å². The van der Waals surface area contributed by atoms with Gasteiger partial charge in [-0.15, -0.1) is 0 Å². The van der Waals surface area contributed by atoms with Gasteiger partial charge in [0.25, 0.3) is 11.5 Å². The van der Waals surface area contributed by atoms with Gasteiger partial charge in [-0.3, -0.25) is 9.59 Å². The SMILES string of the molecule is O=C(c1ccc(=O)n(Cc2ccccc2Cl)c1)N1CCC[C@H]1c1ccccc1. The first-order valence-electron chi connectivity index (χ1n) is 9.43. The lowest BCUT2D eigenvalue weighted by molar-refractivity contribution is 0.0734. The van der Waals surface area contributed by atoms with E-state index in [0.29, 0.717) is 17.1 Å². The van der Waals surface area contributed by atoms with Crippen LogP contribution in [-0.2, 0) is 6.54 Å². The number of aromatic nitrogens is 1. The fourth-order valence-corrected chi connectivity index (χ4v) is 3.98. The Morgan fingerprint density at radius 2 is 1.75 bits per heavy atom. The van der Waals surface area contributed by atoms with E-state index in [1.54, 1.807) is 22.9 Å². The normalized spacial score (nSPS) is 16.3. The van der Waals surface area contributed by atoms with Crippen LogP contribution in [-0.4, -0.2) is 21.9 Å². The Kier molecular flexibility index (Phi) is 5.31. The van der Waals surface area contributed by atoms with E-state index < -0.39 is 0 Å². The summed E-state index contributed by atoms with van der Waals surface area (Å²) in [5.41, 5.74) is 2.36. The van der Waals surface area contributed by atoms with Crippen LogP contribution < -0.4 is 5.56 Å². The first-order valence-corrected chi connectivity index (χ1v) is 9.81. The molecule has 1 aromatic heterocycles. The van der Waals surface area contributed by atoms with Crippen molar-refractivity contribution in [3.63, 3.8) is 0 Å². The molecule has 5 heteroatoms. The maximum atomic E-state index is 13.2. The third-order valence-corrected chi connectivity index (χ3v) is 5.60. The highest BCUT2D eigenvalue weighted by Gasteiger charge is 2.30. The maximum absolute atomic E-state index is 13.2. The van der Waals surface area contributed by atoms with E-state index in [4.69, 9.17) is 11.6 Å². The van der Waals surface area contributed by atoms with Gasteiger partial charge in [0.05, 0.1) is 18.2 Å². The molecule has 142 valence electrons. The fourth-order valence-electron chi connectivity index (χ4n) is 3.79. The van der Waals surface area contributed by atoms with Crippen LogP contribution in [0.1, 0.15) is 40.4 Å². The van der Waals surface area contributed by atoms with Gasteiger partial charge in [-0.2, -0.15) is 0 Å². The van der Waals surface area contributed by atoms with E-state index in [1.165, 1.54) is 6.07 Å². The Balaban J connectivity index is 1.61. The van der Waals surface area contributed by atoms with Gasteiger partial charge in [-0.1, -0.05) is 60.1 Å². The standard InChI is InChI=1S/C23H21ClN2O2/c24-20-10-5-4-9-18(20)15-25-16-19(12-13-22(25)27)23(28)26-14-6-11-21(26)17-7-2-1-3-8-17/h1-5,7-10,12-13,16,21H,6,11,14-15H2/t21-/m0/s1. The van der Waals surface area contributed by atoms with Crippen molar-refractivity contribution in [3.8, 4) is 0 Å². The second-order valence-electron chi connectivity index (χ2n) is 7.04. The Morgan fingerprint density at radius 3 is 2.54 bits per heavy atom. The summed E-state index contributed by atoms with van der Waals surface area (Å²) in [5.74, 6) is -0.0424. The van der Waals surface area contributed by atoms with Gasteiger partial charge >= 0.3 is 0 Å². The number of carbonyl (C=O) groups excluding carboxylic acids is 1. The molecule has 0 spiro atoms. The van der Waals surface area contributed by atoms with E-state index >= 15 is 0 Å². The molecule has 0 N–H and O–H groups in total. The molecule has 0 radical (unpaired) electrons. The molecule has 2 aromatic carbocycles. The van der Waals surface area contributed by atoms with Crippen LogP contribution in [0, 0.1) is 0 Å². The molecule has 0 bridgehead atoms. The zero-order chi connectivity index (χ0) is 19.5. The van der Waals surface area contributed by atoms with E-state index in [9.17, 15) is 9.59 Å².